The van der Waals surface area contributed by atoms with Gasteiger partial charge in [0.15, 0.2) is 5.82 Å². The predicted octanol–water partition coefficient (Wildman–Crippen LogP) is 2.06. The van der Waals surface area contributed by atoms with Crippen LogP contribution in [0, 0.1) is 0 Å². The molecular formula is C15H16N6. The fourth-order valence-electron chi connectivity index (χ4n) is 2.19. The molecule has 0 spiro atoms. The van der Waals surface area contributed by atoms with Gasteiger partial charge in [0.05, 0.1) is 5.69 Å². The van der Waals surface area contributed by atoms with Crippen molar-refractivity contribution in [1.29, 1.82) is 0 Å². The molecule has 0 saturated heterocycles. The maximum Gasteiger partial charge on any atom is 0.189 e. The number of nitrogens with two attached hydrogens (primary N) is 2. The fraction of sp³-hybridized carbons (Fsp3) is 0.133. The third-order valence-electron chi connectivity index (χ3n) is 3.38. The van der Waals surface area contributed by atoms with E-state index in [0.29, 0.717) is 17.2 Å². The molecule has 0 saturated carbocycles. The number of nitrogen functional groups attached to an aromatic ring is 2. The van der Waals surface area contributed by atoms with Crippen LogP contribution >= 0.6 is 0 Å². The molecule has 4 N–H and O–H groups in total. The lowest BCUT2D eigenvalue weighted by Gasteiger charge is -2.08. The Labute approximate surface area is 122 Å². The van der Waals surface area contributed by atoms with Crippen LogP contribution < -0.4 is 11.5 Å². The average molecular weight is 280 g/mol. The standard InChI is InChI=1S/C15H16N6/c1-2-10-3-6-12(7-4-10)21-15(18-19-20-21)13-8-5-11(16)9-14(13)17/h3-9H,2,16-17H2,1H3. The first kappa shape index (κ1) is 13.1. The molecule has 2 aromatic carbocycles. The Kier molecular flexibility index (Phi) is 3.27. The maximum atomic E-state index is 6.02. The van der Waals surface area contributed by atoms with E-state index >= 15 is 0 Å². The van der Waals surface area contributed by atoms with Gasteiger partial charge < -0.3 is 11.5 Å². The zero-order chi connectivity index (χ0) is 14.8. The summed E-state index contributed by atoms with van der Waals surface area (Å²) >= 11 is 0. The van der Waals surface area contributed by atoms with Gasteiger partial charge in [-0.3, -0.25) is 0 Å². The van der Waals surface area contributed by atoms with E-state index in [1.54, 1.807) is 16.8 Å². The van der Waals surface area contributed by atoms with Crippen LogP contribution in [0.15, 0.2) is 42.5 Å². The second-order valence-corrected chi connectivity index (χ2v) is 4.78. The average Bonchev–Trinajstić information content (AvgIpc) is 2.96. The van der Waals surface area contributed by atoms with Crippen molar-refractivity contribution < 1.29 is 0 Å². The molecule has 0 fully saturated rings. The summed E-state index contributed by atoms with van der Waals surface area (Å²) in [6.45, 7) is 2.12. The molecular weight excluding hydrogens is 264 g/mol. The van der Waals surface area contributed by atoms with Crippen molar-refractivity contribution in [2.75, 3.05) is 11.5 Å². The van der Waals surface area contributed by atoms with Crippen LogP contribution in [0.2, 0.25) is 0 Å². The van der Waals surface area contributed by atoms with Gasteiger partial charge in [0.2, 0.25) is 0 Å². The summed E-state index contributed by atoms with van der Waals surface area (Å²) in [7, 11) is 0. The molecule has 0 radical (unpaired) electrons. The van der Waals surface area contributed by atoms with Gasteiger partial charge in [0.25, 0.3) is 0 Å². The SMILES string of the molecule is CCc1ccc(-n2nnnc2-c2ccc(N)cc2N)cc1. The summed E-state index contributed by atoms with van der Waals surface area (Å²) in [5.74, 6) is 0.594. The van der Waals surface area contributed by atoms with E-state index in [-0.39, 0.29) is 0 Å². The molecule has 0 atom stereocenters. The van der Waals surface area contributed by atoms with Crippen LogP contribution in [0.3, 0.4) is 0 Å². The zero-order valence-electron chi connectivity index (χ0n) is 11.7. The van der Waals surface area contributed by atoms with E-state index in [2.05, 4.69) is 34.6 Å². The largest absolute Gasteiger partial charge is 0.399 e. The van der Waals surface area contributed by atoms with E-state index in [0.717, 1.165) is 17.7 Å². The zero-order valence-corrected chi connectivity index (χ0v) is 11.7. The first-order valence-electron chi connectivity index (χ1n) is 6.72. The maximum absolute atomic E-state index is 6.02. The van der Waals surface area contributed by atoms with Crippen molar-refractivity contribution in [1.82, 2.24) is 20.2 Å². The Hall–Kier alpha value is -2.89. The smallest absolute Gasteiger partial charge is 0.189 e. The summed E-state index contributed by atoms with van der Waals surface area (Å²) < 4.78 is 1.67. The molecule has 1 heterocycles. The van der Waals surface area contributed by atoms with E-state index in [4.69, 9.17) is 11.5 Å². The summed E-state index contributed by atoms with van der Waals surface area (Å²) in [5.41, 5.74) is 15.8. The highest BCUT2D eigenvalue weighted by Gasteiger charge is 2.13. The lowest BCUT2D eigenvalue weighted by Crippen LogP contribution is -2.02. The Morgan fingerprint density at radius 3 is 2.48 bits per heavy atom. The third-order valence-corrected chi connectivity index (χ3v) is 3.38. The van der Waals surface area contributed by atoms with Gasteiger partial charge in [0.1, 0.15) is 0 Å². The number of tetrazole rings is 1. The number of nitrogens with zero attached hydrogens (tertiary/aromatic N) is 4. The molecule has 106 valence electrons. The number of aryl methyl sites for hydroxylation is 1. The molecule has 3 aromatic rings. The first-order chi connectivity index (χ1) is 10.2. The molecule has 6 heteroatoms. The predicted molar refractivity (Wildman–Crippen MR) is 82.8 cm³/mol. The Balaban J connectivity index is 2.07. The van der Waals surface area contributed by atoms with Crippen LogP contribution in [0.4, 0.5) is 11.4 Å². The fourth-order valence-corrected chi connectivity index (χ4v) is 2.19. The second kappa shape index (κ2) is 5.24. The quantitative estimate of drug-likeness (QED) is 0.716. The number of rotatable bonds is 3. The number of hydrogen-bond donors (Lipinski definition) is 2. The van der Waals surface area contributed by atoms with Gasteiger partial charge in [-0.05, 0) is 52.7 Å². The first-order valence-corrected chi connectivity index (χ1v) is 6.72. The highest BCUT2D eigenvalue weighted by Crippen LogP contribution is 2.27. The second-order valence-electron chi connectivity index (χ2n) is 4.78. The van der Waals surface area contributed by atoms with Gasteiger partial charge in [0, 0.05) is 16.9 Å². The molecule has 21 heavy (non-hydrogen) atoms. The Morgan fingerprint density at radius 2 is 1.81 bits per heavy atom. The molecule has 0 aliphatic carbocycles. The van der Waals surface area contributed by atoms with Crippen LogP contribution in [-0.2, 0) is 6.42 Å². The molecule has 6 nitrogen and oxygen atoms in total. The monoisotopic (exact) mass is 280 g/mol. The minimum absolute atomic E-state index is 0.552. The molecule has 3 rings (SSSR count). The van der Waals surface area contributed by atoms with E-state index < -0.39 is 0 Å². The van der Waals surface area contributed by atoms with Gasteiger partial charge in [-0.15, -0.1) is 5.10 Å². The molecule has 0 bridgehead atoms. The summed E-state index contributed by atoms with van der Waals surface area (Å²) in [6.07, 6.45) is 0.994. The minimum atomic E-state index is 0.552. The summed E-state index contributed by atoms with van der Waals surface area (Å²) in [5, 5.41) is 11.9. The summed E-state index contributed by atoms with van der Waals surface area (Å²) in [6, 6.07) is 13.4. The molecule has 0 amide bonds. The van der Waals surface area contributed by atoms with Crippen molar-refractivity contribution in [3.63, 3.8) is 0 Å². The van der Waals surface area contributed by atoms with Crippen LogP contribution in [-0.4, -0.2) is 20.2 Å². The molecule has 1 aromatic heterocycles. The number of anilines is 2. The van der Waals surface area contributed by atoms with Crippen molar-refractivity contribution in [3.8, 4) is 17.1 Å². The lowest BCUT2D eigenvalue weighted by atomic mass is 10.1. The van der Waals surface area contributed by atoms with Crippen molar-refractivity contribution in [3.05, 3.63) is 48.0 Å². The topological polar surface area (TPSA) is 95.6 Å². The Bertz CT molecular complexity index is 760. The number of aromatic nitrogens is 4. The van der Waals surface area contributed by atoms with Gasteiger partial charge >= 0.3 is 0 Å². The van der Waals surface area contributed by atoms with Gasteiger partial charge in [-0.25, -0.2) is 0 Å². The number of benzene rings is 2. The van der Waals surface area contributed by atoms with Crippen molar-refractivity contribution in [2.24, 2.45) is 0 Å². The number of hydrogen-bond acceptors (Lipinski definition) is 5. The van der Waals surface area contributed by atoms with Crippen molar-refractivity contribution in [2.45, 2.75) is 13.3 Å². The Morgan fingerprint density at radius 1 is 1.05 bits per heavy atom. The molecule has 0 aliphatic rings. The molecule has 0 unspecified atom stereocenters. The van der Waals surface area contributed by atoms with E-state index in [1.807, 2.05) is 18.2 Å². The van der Waals surface area contributed by atoms with Gasteiger partial charge in [-0.1, -0.05) is 19.1 Å². The molecule has 0 aliphatic heterocycles. The minimum Gasteiger partial charge on any atom is -0.399 e. The highest BCUT2D eigenvalue weighted by atomic mass is 15.5. The van der Waals surface area contributed by atoms with Crippen LogP contribution in [0.25, 0.3) is 17.1 Å². The van der Waals surface area contributed by atoms with Crippen LogP contribution in [0.1, 0.15) is 12.5 Å². The third kappa shape index (κ3) is 2.43. The normalized spacial score (nSPS) is 10.7. The lowest BCUT2D eigenvalue weighted by molar-refractivity contribution is 0.791. The highest BCUT2D eigenvalue weighted by molar-refractivity contribution is 5.75. The van der Waals surface area contributed by atoms with Crippen LogP contribution in [0.5, 0.6) is 0 Å². The van der Waals surface area contributed by atoms with Crippen molar-refractivity contribution >= 4 is 11.4 Å². The summed E-state index contributed by atoms with van der Waals surface area (Å²) in [4.78, 5) is 0. The van der Waals surface area contributed by atoms with Gasteiger partial charge in [-0.2, -0.15) is 4.68 Å². The van der Waals surface area contributed by atoms with E-state index in [1.165, 1.54) is 5.56 Å². The van der Waals surface area contributed by atoms with E-state index in [9.17, 15) is 0 Å².